The van der Waals surface area contributed by atoms with Crippen LogP contribution < -0.4 is 0 Å². The molecule has 0 aromatic heterocycles. The lowest BCUT2D eigenvalue weighted by Gasteiger charge is -2.31. The predicted octanol–water partition coefficient (Wildman–Crippen LogP) is 2.74. The number of aliphatic hydroxyl groups is 2. The number of alkyl halides is 6. The van der Waals surface area contributed by atoms with E-state index in [0.29, 0.717) is 0 Å². The first-order valence-corrected chi connectivity index (χ1v) is 9.86. The lowest BCUT2D eigenvalue weighted by Crippen LogP contribution is -2.52. The Hall–Kier alpha value is -2.88. The van der Waals surface area contributed by atoms with E-state index in [1.165, 1.54) is 6.92 Å². The number of methoxy groups -OCH3 is 2. The predicted molar refractivity (Wildman–Crippen MR) is 114 cm³/mol. The van der Waals surface area contributed by atoms with Crippen LogP contribution in [0.1, 0.15) is 48.5 Å². The Labute approximate surface area is 209 Å². The highest BCUT2D eigenvalue weighted by atomic mass is 19.3. The minimum absolute atomic E-state index is 0.0336. The van der Waals surface area contributed by atoms with Gasteiger partial charge in [-0.25, -0.2) is 19.2 Å². The van der Waals surface area contributed by atoms with Crippen molar-refractivity contribution in [2.24, 2.45) is 0 Å². The zero-order valence-corrected chi connectivity index (χ0v) is 21.7. The molecule has 0 heterocycles. The van der Waals surface area contributed by atoms with Gasteiger partial charge in [0.1, 0.15) is 11.2 Å². The molecule has 0 fully saturated rings. The summed E-state index contributed by atoms with van der Waals surface area (Å²) in [6, 6.07) is 0. The average molecular weight is 558 g/mol. The summed E-state index contributed by atoms with van der Waals surface area (Å²) in [6.45, 7) is 9.56. The van der Waals surface area contributed by atoms with Gasteiger partial charge in [0.15, 0.2) is 5.60 Å². The maximum Gasteiger partial charge on any atom is 0.381 e. The van der Waals surface area contributed by atoms with E-state index in [2.05, 4.69) is 20.8 Å². The number of carbonyl (C=O) groups excluding carboxylic acids is 3. The fourth-order valence-corrected chi connectivity index (χ4v) is 1.40. The molecule has 0 aromatic rings. The van der Waals surface area contributed by atoms with Crippen molar-refractivity contribution in [3.05, 3.63) is 12.2 Å². The van der Waals surface area contributed by atoms with Crippen molar-refractivity contribution in [3.8, 4) is 0 Å². The van der Waals surface area contributed by atoms with Crippen molar-refractivity contribution in [2.45, 2.75) is 83.0 Å². The van der Waals surface area contributed by atoms with E-state index < -0.39 is 58.4 Å². The topological polar surface area (TPSA) is 157 Å². The van der Waals surface area contributed by atoms with E-state index in [0.717, 1.165) is 55.8 Å². The van der Waals surface area contributed by atoms with Gasteiger partial charge < -0.3 is 29.5 Å². The van der Waals surface area contributed by atoms with Gasteiger partial charge in [0.25, 0.3) is 0 Å². The SMILES string of the molecule is C=C(C)C(=O)OC(C)(C)C(F)(F)C(=O)OC.CC(C)(O)C(F)(F)C(=O)O.COC(=O)C(F)(F)C(C)(C)O. The molecular weight excluding hydrogens is 526 g/mol. The first-order valence-electron chi connectivity index (χ1n) is 9.86. The van der Waals surface area contributed by atoms with E-state index in [1.807, 2.05) is 0 Å². The van der Waals surface area contributed by atoms with Crippen molar-refractivity contribution in [2.75, 3.05) is 14.2 Å². The number of hydrogen-bond acceptors (Lipinski definition) is 9. The number of esters is 3. The van der Waals surface area contributed by atoms with Gasteiger partial charge in [-0.2, -0.15) is 26.3 Å². The molecule has 0 bridgehead atoms. The van der Waals surface area contributed by atoms with Crippen molar-refractivity contribution in [1.29, 1.82) is 0 Å². The number of halogens is 6. The van der Waals surface area contributed by atoms with Gasteiger partial charge in [-0.05, 0) is 48.5 Å². The quantitative estimate of drug-likeness (QED) is 0.175. The highest BCUT2D eigenvalue weighted by molar-refractivity contribution is 5.88. The van der Waals surface area contributed by atoms with Gasteiger partial charge in [-0.1, -0.05) is 6.58 Å². The van der Waals surface area contributed by atoms with Gasteiger partial charge in [0.2, 0.25) is 0 Å². The molecule has 0 aliphatic heterocycles. The van der Waals surface area contributed by atoms with Crippen LogP contribution in [0.15, 0.2) is 12.2 Å². The summed E-state index contributed by atoms with van der Waals surface area (Å²) in [5.41, 5.74) is -7.23. The molecule has 0 rings (SSSR count). The second-order valence-electron chi connectivity index (χ2n) is 8.81. The molecule has 37 heavy (non-hydrogen) atoms. The molecule has 0 spiro atoms. The fourth-order valence-electron chi connectivity index (χ4n) is 1.40. The molecule has 0 amide bonds. The summed E-state index contributed by atoms with van der Waals surface area (Å²) >= 11 is 0. The molecule has 0 aliphatic carbocycles. The maximum absolute atomic E-state index is 13.4. The van der Waals surface area contributed by atoms with Crippen LogP contribution >= 0.6 is 0 Å². The summed E-state index contributed by atoms with van der Waals surface area (Å²) in [5, 5.41) is 25.2. The number of rotatable bonds is 8. The van der Waals surface area contributed by atoms with Crippen LogP contribution in [-0.2, 0) is 33.4 Å². The molecule has 0 aromatic carbocycles. The number of carboxylic acids is 1. The van der Waals surface area contributed by atoms with Crippen LogP contribution in [-0.4, -0.2) is 88.0 Å². The lowest BCUT2D eigenvalue weighted by molar-refractivity contribution is -0.214. The molecule has 16 heteroatoms. The standard InChI is InChI=1S/C10H14F2O4.C6H10F2O3.C5H8F2O3/c1-6(2)7(13)16-9(3,4)10(11,12)8(14)15-5;1-5(2,10)6(7,8)4(9)11-3;1-4(2,10)5(6,7)3(8)9/h1H2,2-5H3;10H,1-3H3;10H,1-2H3,(H,8,9). The molecule has 218 valence electrons. The molecular formula is C21H32F6O10. The third-order valence-corrected chi connectivity index (χ3v) is 4.14. The van der Waals surface area contributed by atoms with Crippen LogP contribution in [0, 0.1) is 0 Å². The van der Waals surface area contributed by atoms with Gasteiger partial charge in [-0.3, -0.25) is 0 Å². The molecule has 0 radical (unpaired) electrons. The summed E-state index contributed by atoms with van der Waals surface area (Å²) < 4.78 is 88.7. The van der Waals surface area contributed by atoms with Crippen molar-refractivity contribution in [3.63, 3.8) is 0 Å². The molecule has 0 unspecified atom stereocenters. The van der Waals surface area contributed by atoms with Crippen LogP contribution in [0.25, 0.3) is 0 Å². The molecule has 0 saturated carbocycles. The second-order valence-corrected chi connectivity index (χ2v) is 8.81. The Morgan fingerprint density at radius 3 is 1.14 bits per heavy atom. The average Bonchev–Trinajstić information content (AvgIpc) is 2.70. The summed E-state index contributed by atoms with van der Waals surface area (Å²) in [4.78, 5) is 42.1. The number of aliphatic carboxylic acids is 1. The summed E-state index contributed by atoms with van der Waals surface area (Å²) in [7, 11) is 1.66. The van der Waals surface area contributed by atoms with E-state index >= 15 is 0 Å². The molecule has 0 atom stereocenters. The first-order chi connectivity index (χ1) is 16.0. The summed E-state index contributed by atoms with van der Waals surface area (Å²) in [5.74, 6) is -18.7. The summed E-state index contributed by atoms with van der Waals surface area (Å²) in [6.07, 6.45) is 0. The fraction of sp³-hybridized carbons (Fsp3) is 0.714. The Morgan fingerprint density at radius 2 is 0.973 bits per heavy atom. The molecule has 0 saturated heterocycles. The molecule has 3 N–H and O–H groups in total. The normalized spacial score (nSPS) is 12.6. The monoisotopic (exact) mass is 558 g/mol. The third kappa shape index (κ3) is 10.6. The number of carboxylic acid groups (broad SMARTS) is 1. The van der Waals surface area contributed by atoms with E-state index in [9.17, 15) is 45.5 Å². The van der Waals surface area contributed by atoms with Crippen LogP contribution in [0.5, 0.6) is 0 Å². The van der Waals surface area contributed by atoms with E-state index in [4.69, 9.17) is 15.3 Å². The van der Waals surface area contributed by atoms with Crippen LogP contribution in [0.4, 0.5) is 26.3 Å². The van der Waals surface area contributed by atoms with Crippen LogP contribution in [0.2, 0.25) is 0 Å². The van der Waals surface area contributed by atoms with Crippen molar-refractivity contribution in [1.82, 2.24) is 0 Å². The Bertz CT molecular complexity index is 840. The largest absolute Gasteiger partial charge is 0.477 e. The Morgan fingerprint density at radius 1 is 0.676 bits per heavy atom. The van der Waals surface area contributed by atoms with E-state index in [-0.39, 0.29) is 5.57 Å². The Kier molecular flexibility index (Phi) is 13.7. The minimum Gasteiger partial charge on any atom is -0.477 e. The van der Waals surface area contributed by atoms with Crippen molar-refractivity contribution < 1.29 is 75.1 Å². The number of hydrogen-bond donors (Lipinski definition) is 3. The smallest absolute Gasteiger partial charge is 0.381 e. The molecule has 0 aliphatic rings. The van der Waals surface area contributed by atoms with Gasteiger partial charge in [0, 0.05) is 5.57 Å². The van der Waals surface area contributed by atoms with Crippen molar-refractivity contribution >= 4 is 23.9 Å². The number of ether oxygens (including phenoxy) is 3. The minimum atomic E-state index is -4.09. The third-order valence-electron chi connectivity index (χ3n) is 4.14. The Balaban J connectivity index is -0.000000487. The number of carbonyl (C=O) groups is 4. The van der Waals surface area contributed by atoms with E-state index in [1.54, 1.807) is 0 Å². The zero-order valence-electron chi connectivity index (χ0n) is 21.7. The highest BCUT2D eigenvalue weighted by Crippen LogP contribution is 2.33. The lowest BCUT2D eigenvalue weighted by atomic mass is 10.0. The highest BCUT2D eigenvalue weighted by Gasteiger charge is 2.57. The zero-order chi connectivity index (χ0) is 31.0. The van der Waals surface area contributed by atoms with Gasteiger partial charge >= 0.3 is 41.6 Å². The second kappa shape index (κ2) is 13.1. The first kappa shape index (κ1) is 38.6. The maximum atomic E-state index is 13.4. The van der Waals surface area contributed by atoms with Gasteiger partial charge in [-0.15, -0.1) is 0 Å². The van der Waals surface area contributed by atoms with Crippen LogP contribution in [0.3, 0.4) is 0 Å². The van der Waals surface area contributed by atoms with Gasteiger partial charge in [0.05, 0.1) is 14.2 Å². The molecule has 10 nitrogen and oxygen atoms in total.